The van der Waals surface area contributed by atoms with Crippen LogP contribution in [0.3, 0.4) is 0 Å². The minimum atomic E-state index is 1.03. The van der Waals surface area contributed by atoms with E-state index in [9.17, 15) is 0 Å². The summed E-state index contributed by atoms with van der Waals surface area (Å²) in [7, 11) is 0. The molecule has 1 heteroatoms. The number of benzene rings is 1. The van der Waals surface area contributed by atoms with E-state index in [1.807, 2.05) is 13.8 Å². The molecule has 1 aliphatic rings. The highest BCUT2D eigenvalue weighted by molar-refractivity contribution is 5.29. The molecular formula is C14H21N. The minimum Gasteiger partial charge on any atom is -0.371 e. The van der Waals surface area contributed by atoms with Crippen molar-refractivity contribution >= 4 is 0 Å². The minimum absolute atomic E-state index is 1.03. The Bertz CT molecular complexity index is 328. The zero-order chi connectivity index (χ0) is 11.3. The van der Waals surface area contributed by atoms with Crippen molar-refractivity contribution in [3.63, 3.8) is 0 Å². The van der Waals surface area contributed by atoms with E-state index in [0.717, 1.165) is 19.5 Å². The number of hydrogen-bond donors (Lipinski definition) is 0. The Kier molecular flexibility index (Phi) is 4.41. The molecular weight excluding hydrogens is 182 g/mol. The Labute approximate surface area is 93.4 Å². The standard InChI is InChI=1S/C12H15N.C2H6/c1-10(2)13-8-7-11-5-3-4-6-12(11)9-13;1-2/h3-6H,1,7-9H2,2H3;1-2H3. The first-order valence-electron chi connectivity index (χ1n) is 5.74. The summed E-state index contributed by atoms with van der Waals surface area (Å²) in [5.74, 6) is 0. The summed E-state index contributed by atoms with van der Waals surface area (Å²) in [6.45, 7) is 12.2. The molecule has 1 aromatic carbocycles. The van der Waals surface area contributed by atoms with Crippen molar-refractivity contribution in [2.24, 2.45) is 0 Å². The van der Waals surface area contributed by atoms with Crippen LogP contribution in [0.15, 0.2) is 36.5 Å². The van der Waals surface area contributed by atoms with Gasteiger partial charge in [0, 0.05) is 18.8 Å². The van der Waals surface area contributed by atoms with E-state index in [0.29, 0.717) is 0 Å². The van der Waals surface area contributed by atoms with E-state index < -0.39 is 0 Å². The summed E-state index contributed by atoms with van der Waals surface area (Å²) in [5, 5.41) is 0. The summed E-state index contributed by atoms with van der Waals surface area (Å²) < 4.78 is 0. The molecule has 0 fully saturated rings. The lowest BCUT2D eigenvalue weighted by Gasteiger charge is -2.30. The second-order valence-corrected chi connectivity index (χ2v) is 3.68. The molecule has 1 nitrogen and oxygen atoms in total. The quantitative estimate of drug-likeness (QED) is 0.674. The van der Waals surface area contributed by atoms with Gasteiger partial charge >= 0.3 is 0 Å². The average Bonchev–Trinajstić information content (AvgIpc) is 2.31. The molecule has 15 heavy (non-hydrogen) atoms. The van der Waals surface area contributed by atoms with E-state index in [2.05, 4.69) is 42.7 Å². The normalized spacial score (nSPS) is 13.7. The Morgan fingerprint density at radius 2 is 1.80 bits per heavy atom. The van der Waals surface area contributed by atoms with Gasteiger partial charge in [-0.3, -0.25) is 0 Å². The lowest BCUT2D eigenvalue weighted by atomic mass is 10.00. The molecule has 0 aromatic heterocycles. The van der Waals surface area contributed by atoms with Crippen LogP contribution in [-0.2, 0) is 13.0 Å². The number of rotatable bonds is 1. The highest BCUT2D eigenvalue weighted by atomic mass is 15.1. The van der Waals surface area contributed by atoms with E-state index >= 15 is 0 Å². The molecule has 82 valence electrons. The van der Waals surface area contributed by atoms with Crippen molar-refractivity contribution in [1.82, 2.24) is 4.90 Å². The van der Waals surface area contributed by atoms with Crippen LogP contribution in [-0.4, -0.2) is 11.4 Å². The topological polar surface area (TPSA) is 3.24 Å². The van der Waals surface area contributed by atoms with Gasteiger partial charge in [-0.15, -0.1) is 0 Å². The van der Waals surface area contributed by atoms with Crippen LogP contribution in [0.4, 0.5) is 0 Å². The maximum Gasteiger partial charge on any atom is 0.0429 e. The molecule has 0 N–H and O–H groups in total. The third-order valence-corrected chi connectivity index (χ3v) is 2.67. The lowest BCUT2D eigenvalue weighted by Crippen LogP contribution is -2.28. The molecule has 1 aromatic rings. The van der Waals surface area contributed by atoms with Crippen LogP contribution in [0, 0.1) is 0 Å². The van der Waals surface area contributed by atoms with Gasteiger partial charge in [-0.1, -0.05) is 44.7 Å². The molecule has 0 saturated heterocycles. The average molecular weight is 203 g/mol. The van der Waals surface area contributed by atoms with Crippen molar-refractivity contribution in [3.05, 3.63) is 47.7 Å². The van der Waals surface area contributed by atoms with Gasteiger partial charge in [0.1, 0.15) is 0 Å². The van der Waals surface area contributed by atoms with Crippen LogP contribution < -0.4 is 0 Å². The first-order valence-corrected chi connectivity index (χ1v) is 5.74. The summed E-state index contributed by atoms with van der Waals surface area (Å²) in [4.78, 5) is 2.34. The van der Waals surface area contributed by atoms with Gasteiger partial charge in [-0.05, 0) is 24.5 Å². The van der Waals surface area contributed by atoms with Crippen LogP contribution in [0.1, 0.15) is 31.9 Å². The number of nitrogens with zero attached hydrogens (tertiary/aromatic N) is 1. The van der Waals surface area contributed by atoms with Crippen LogP contribution in [0.5, 0.6) is 0 Å². The van der Waals surface area contributed by atoms with Gasteiger partial charge in [-0.2, -0.15) is 0 Å². The highest BCUT2D eigenvalue weighted by Gasteiger charge is 2.14. The molecule has 0 amide bonds. The van der Waals surface area contributed by atoms with Crippen molar-refractivity contribution in [1.29, 1.82) is 0 Å². The highest BCUT2D eigenvalue weighted by Crippen LogP contribution is 2.20. The van der Waals surface area contributed by atoms with E-state index in [-0.39, 0.29) is 0 Å². The Morgan fingerprint density at radius 1 is 1.20 bits per heavy atom. The third kappa shape index (κ3) is 2.85. The van der Waals surface area contributed by atoms with Gasteiger partial charge in [0.15, 0.2) is 0 Å². The summed E-state index contributed by atoms with van der Waals surface area (Å²) in [5.41, 5.74) is 4.13. The van der Waals surface area contributed by atoms with Gasteiger partial charge in [-0.25, -0.2) is 0 Å². The molecule has 0 spiro atoms. The van der Waals surface area contributed by atoms with Crippen molar-refractivity contribution in [2.45, 2.75) is 33.7 Å². The van der Waals surface area contributed by atoms with Gasteiger partial charge in [0.25, 0.3) is 0 Å². The number of fused-ring (bicyclic) bond motifs is 1. The summed E-state index contributed by atoms with van der Waals surface area (Å²) >= 11 is 0. The van der Waals surface area contributed by atoms with Crippen LogP contribution >= 0.6 is 0 Å². The van der Waals surface area contributed by atoms with E-state index in [4.69, 9.17) is 0 Å². The van der Waals surface area contributed by atoms with Crippen molar-refractivity contribution in [3.8, 4) is 0 Å². The molecule has 1 aliphatic heterocycles. The van der Waals surface area contributed by atoms with E-state index in [1.54, 1.807) is 0 Å². The Hall–Kier alpha value is -1.24. The second kappa shape index (κ2) is 5.59. The molecule has 0 unspecified atom stereocenters. The van der Waals surface area contributed by atoms with Crippen LogP contribution in [0.25, 0.3) is 0 Å². The molecule has 0 bridgehead atoms. The molecule has 0 aliphatic carbocycles. The van der Waals surface area contributed by atoms with Gasteiger partial charge in [0.05, 0.1) is 0 Å². The smallest absolute Gasteiger partial charge is 0.0429 e. The van der Waals surface area contributed by atoms with Gasteiger partial charge < -0.3 is 4.90 Å². The van der Waals surface area contributed by atoms with Crippen molar-refractivity contribution < 1.29 is 0 Å². The Balaban J connectivity index is 0.000000531. The zero-order valence-electron chi connectivity index (χ0n) is 10.1. The predicted molar refractivity (Wildman–Crippen MR) is 66.7 cm³/mol. The first-order chi connectivity index (χ1) is 7.27. The van der Waals surface area contributed by atoms with E-state index in [1.165, 1.54) is 16.8 Å². The monoisotopic (exact) mass is 203 g/mol. The second-order valence-electron chi connectivity index (χ2n) is 3.68. The maximum absolute atomic E-state index is 3.98. The fourth-order valence-corrected chi connectivity index (χ4v) is 1.82. The number of hydrogen-bond acceptors (Lipinski definition) is 1. The third-order valence-electron chi connectivity index (χ3n) is 2.67. The zero-order valence-corrected chi connectivity index (χ0v) is 10.1. The van der Waals surface area contributed by atoms with Crippen molar-refractivity contribution in [2.75, 3.05) is 6.54 Å². The predicted octanol–water partition coefficient (Wildman–Crippen LogP) is 3.60. The van der Waals surface area contributed by atoms with Gasteiger partial charge in [0.2, 0.25) is 0 Å². The number of allylic oxidation sites excluding steroid dienone is 1. The maximum atomic E-state index is 3.98. The lowest BCUT2D eigenvalue weighted by molar-refractivity contribution is 0.324. The van der Waals surface area contributed by atoms with Crippen LogP contribution in [0.2, 0.25) is 0 Å². The Morgan fingerprint density at radius 3 is 2.40 bits per heavy atom. The molecule has 0 saturated carbocycles. The summed E-state index contributed by atoms with van der Waals surface area (Å²) in [6.07, 6.45) is 1.16. The fraction of sp³-hybridized carbons (Fsp3) is 0.429. The SMILES string of the molecule is C=C(C)N1CCc2ccccc2C1.CC. The molecule has 0 atom stereocenters. The fourth-order valence-electron chi connectivity index (χ4n) is 1.82. The summed E-state index contributed by atoms with van der Waals surface area (Å²) in [6, 6.07) is 8.67. The molecule has 2 rings (SSSR count). The first kappa shape index (κ1) is 11.8. The molecule has 1 heterocycles. The largest absolute Gasteiger partial charge is 0.371 e. The molecule has 0 radical (unpaired) electrons.